The highest BCUT2D eigenvalue weighted by atomic mass is 32.2. The van der Waals surface area contributed by atoms with E-state index in [0.717, 1.165) is 5.56 Å². The quantitative estimate of drug-likeness (QED) is 0.763. The summed E-state index contributed by atoms with van der Waals surface area (Å²) in [5.74, 6) is 0.280. The molecular weight excluding hydrogens is 190 g/mol. The van der Waals surface area contributed by atoms with Crippen LogP contribution in [0.4, 0.5) is 0 Å². The van der Waals surface area contributed by atoms with Crippen LogP contribution in [0.15, 0.2) is 23.1 Å². The summed E-state index contributed by atoms with van der Waals surface area (Å²) in [6.07, 6.45) is 0. The van der Waals surface area contributed by atoms with Gasteiger partial charge in [0.2, 0.25) is 10.0 Å². The third-order valence-corrected chi connectivity index (χ3v) is 2.58. The maximum atomic E-state index is 11.0. The molecule has 72 valence electrons. The molecule has 0 radical (unpaired) electrons. The van der Waals surface area contributed by atoms with Crippen molar-refractivity contribution in [1.82, 2.24) is 0 Å². The van der Waals surface area contributed by atoms with Crippen LogP contribution in [-0.4, -0.2) is 15.5 Å². The highest BCUT2D eigenvalue weighted by molar-refractivity contribution is 7.89. The topological polar surface area (TPSA) is 69.4 Å². The van der Waals surface area contributed by atoms with Crippen molar-refractivity contribution in [3.63, 3.8) is 0 Å². The second-order valence-corrected chi connectivity index (χ2v) is 4.23. The van der Waals surface area contributed by atoms with E-state index >= 15 is 0 Å². The van der Waals surface area contributed by atoms with Crippen molar-refractivity contribution in [2.45, 2.75) is 11.8 Å². The molecule has 0 heterocycles. The Kier molecular flexibility index (Phi) is 2.58. The summed E-state index contributed by atoms with van der Waals surface area (Å²) in [5.41, 5.74) is 0.921. The average molecular weight is 201 g/mol. The monoisotopic (exact) mass is 201 g/mol. The van der Waals surface area contributed by atoms with Gasteiger partial charge in [-0.15, -0.1) is 0 Å². The molecule has 0 aliphatic carbocycles. The first-order chi connectivity index (χ1) is 5.95. The molecule has 0 fully saturated rings. The number of hydrogen-bond acceptors (Lipinski definition) is 3. The summed E-state index contributed by atoms with van der Waals surface area (Å²) >= 11 is 0. The third-order valence-electron chi connectivity index (χ3n) is 1.63. The molecule has 5 heteroatoms. The highest BCUT2D eigenvalue weighted by Gasteiger charge is 2.13. The van der Waals surface area contributed by atoms with Gasteiger partial charge in [-0.2, -0.15) is 0 Å². The van der Waals surface area contributed by atoms with E-state index in [1.54, 1.807) is 12.1 Å². The van der Waals surface area contributed by atoms with Crippen molar-refractivity contribution in [2.75, 3.05) is 7.11 Å². The fourth-order valence-electron chi connectivity index (χ4n) is 1.01. The van der Waals surface area contributed by atoms with Gasteiger partial charge < -0.3 is 4.74 Å². The van der Waals surface area contributed by atoms with Crippen LogP contribution < -0.4 is 9.88 Å². The lowest BCUT2D eigenvalue weighted by Crippen LogP contribution is -2.13. The molecule has 0 saturated carbocycles. The predicted octanol–water partition coefficient (Wildman–Crippen LogP) is 0.651. The summed E-state index contributed by atoms with van der Waals surface area (Å²) < 4.78 is 26.9. The van der Waals surface area contributed by atoms with Crippen molar-refractivity contribution in [2.24, 2.45) is 5.14 Å². The van der Waals surface area contributed by atoms with Gasteiger partial charge in [0.05, 0.1) is 7.11 Å². The summed E-state index contributed by atoms with van der Waals surface area (Å²) in [6, 6.07) is 4.73. The summed E-state index contributed by atoms with van der Waals surface area (Å²) in [5, 5.41) is 4.98. The maximum Gasteiger partial charge on any atom is 0.241 e. The number of methoxy groups -OCH3 is 1. The molecule has 0 bridgehead atoms. The number of ether oxygens (including phenoxy) is 1. The van der Waals surface area contributed by atoms with E-state index in [2.05, 4.69) is 0 Å². The Morgan fingerprint density at radius 1 is 1.38 bits per heavy atom. The van der Waals surface area contributed by atoms with E-state index in [4.69, 9.17) is 9.88 Å². The summed E-state index contributed by atoms with van der Waals surface area (Å²) in [6.45, 7) is 1.84. The minimum absolute atomic E-state index is 0.0144. The Labute approximate surface area is 77.4 Å². The first-order valence-electron chi connectivity index (χ1n) is 3.62. The maximum absolute atomic E-state index is 11.0. The molecular formula is C8H11NO3S. The average Bonchev–Trinajstić information content (AvgIpc) is 2.01. The van der Waals surface area contributed by atoms with Crippen molar-refractivity contribution < 1.29 is 13.2 Å². The molecule has 0 aliphatic heterocycles. The van der Waals surface area contributed by atoms with Gasteiger partial charge in [-0.25, -0.2) is 13.6 Å². The SMILES string of the molecule is COc1cc(C)ccc1S(N)(=O)=O. The number of hydrogen-bond donors (Lipinski definition) is 1. The zero-order valence-electron chi connectivity index (χ0n) is 7.44. The first-order valence-corrected chi connectivity index (χ1v) is 5.17. The van der Waals surface area contributed by atoms with E-state index in [1.165, 1.54) is 13.2 Å². The zero-order valence-corrected chi connectivity index (χ0v) is 8.26. The van der Waals surface area contributed by atoms with Gasteiger partial charge in [0, 0.05) is 0 Å². The van der Waals surface area contributed by atoms with E-state index < -0.39 is 10.0 Å². The second-order valence-electron chi connectivity index (χ2n) is 2.70. The molecule has 0 atom stereocenters. The van der Waals surface area contributed by atoms with Gasteiger partial charge >= 0.3 is 0 Å². The Balaban J connectivity index is 3.39. The molecule has 4 nitrogen and oxygen atoms in total. The molecule has 1 aromatic rings. The van der Waals surface area contributed by atoms with Crippen LogP contribution in [0, 0.1) is 6.92 Å². The van der Waals surface area contributed by atoms with E-state index in [9.17, 15) is 8.42 Å². The lowest BCUT2D eigenvalue weighted by molar-refractivity contribution is 0.402. The highest BCUT2D eigenvalue weighted by Crippen LogP contribution is 2.23. The van der Waals surface area contributed by atoms with Gasteiger partial charge in [0.25, 0.3) is 0 Å². The molecule has 0 aromatic heterocycles. The lowest BCUT2D eigenvalue weighted by atomic mass is 10.2. The van der Waals surface area contributed by atoms with Crippen LogP contribution in [0.25, 0.3) is 0 Å². The van der Waals surface area contributed by atoms with Gasteiger partial charge in [-0.05, 0) is 24.6 Å². The first kappa shape index (κ1) is 10.0. The number of benzene rings is 1. The molecule has 0 aliphatic rings. The number of nitrogens with two attached hydrogens (primary N) is 1. The molecule has 1 rings (SSSR count). The molecule has 0 amide bonds. The van der Waals surface area contributed by atoms with Crippen molar-refractivity contribution >= 4 is 10.0 Å². The van der Waals surface area contributed by atoms with Crippen LogP contribution in [0.2, 0.25) is 0 Å². The fraction of sp³-hybridized carbons (Fsp3) is 0.250. The van der Waals surface area contributed by atoms with Crippen LogP contribution in [0.5, 0.6) is 5.75 Å². The lowest BCUT2D eigenvalue weighted by Gasteiger charge is -2.06. The second kappa shape index (κ2) is 3.35. The molecule has 0 spiro atoms. The van der Waals surface area contributed by atoms with Crippen LogP contribution in [-0.2, 0) is 10.0 Å². The van der Waals surface area contributed by atoms with Crippen LogP contribution in [0.1, 0.15) is 5.56 Å². The largest absolute Gasteiger partial charge is 0.495 e. The van der Waals surface area contributed by atoms with Crippen molar-refractivity contribution in [3.05, 3.63) is 23.8 Å². The molecule has 13 heavy (non-hydrogen) atoms. The van der Waals surface area contributed by atoms with Gasteiger partial charge in [0.15, 0.2) is 0 Å². The molecule has 0 saturated heterocycles. The smallest absolute Gasteiger partial charge is 0.241 e. The minimum atomic E-state index is -3.69. The Hall–Kier alpha value is -1.07. The number of rotatable bonds is 2. The van der Waals surface area contributed by atoms with E-state index in [0.29, 0.717) is 0 Å². The van der Waals surface area contributed by atoms with E-state index in [1.807, 2.05) is 6.92 Å². The van der Waals surface area contributed by atoms with Crippen molar-refractivity contribution in [1.29, 1.82) is 0 Å². The summed E-state index contributed by atoms with van der Waals surface area (Å²) in [4.78, 5) is 0.0144. The predicted molar refractivity (Wildman–Crippen MR) is 49.1 cm³/mol. The minimum Gasteiger partial charge on any atom is -0.495 e. The van der Waals surface area contributed by atoms with Crippen LogP contribution >= 0.6 is 0 Å². The zero-order chi connectivity index (χ0) is 10.1. The van der Waals surface area contributed by atoms with Gasteiger partial charge in [0.1, 0.15) is 10.6 Å². The normalized spacial score (nSPS) is 11.3. The standard InChI is InChI=1S/C8H11NO3S/c1-6-3-4-8(13(9,10)11)7(5-6)12-2/h3-5H,1-2H3,(H2,9,10,11). The number of primary sulfonamides is 1. The molecule has 1 aromatic carbocycles. The number of aryl methyl sites for hydroxylation is 1. The Morgan fingerprint density at radius 3 is 2.46 bits per heavy atom. The fourth-order valence-corrected chi connectivity index (χ4v) is 1.69. The van der Waals surface area contributed by atoms with E-state index in [-0.39, 0.29) is 10.6 Å². The van der Waals surface area contributed by atoms with Gasteiger partial charge in [-0.1, -0.05) is 6.07 Å². The van der Waals surface area contributed by atoms with Crippen molar-refractivity contribution in [3.8, 4) is 5.75 Å². The third kappa shape index (κ3) is 2.19. The Bertz CT molecular complexity index is 411. The summed E-state index contributed by atoms with van der Waals surface area (Å²) in [7, 11) is -2.28. The van der Waals surface area contributed by atoms with Gasteiger partial charge in [-0.3, -0.25) is 0 Å². The molecule has 0 unspecified atom stereocenters. The number of sulfonamides is 1. The van der Waals surface area contributed by atoms with Crippen LogP contribution in [0.3, 0.4) is 0 Å². The molecule has 2 N–H and O–H groups in total. The Morgan fingerprint density at radius 2 is 2.00 bits per heavy atom.